The van der Waals surface area contributed by atoms with Gasteiger partial charge in [-0.05, 0) is 30.9 Å². The summed E-state index contributed by atoms with van der Waals surface area (Å²) in [5.74, 6) is 1.61. The number of ether oxygens (including phenoxy) is 3. The lowest BCUT2D eigenvalue weighted by molar-refractivity contribution is -0.00281. The Morgan fingerprint density at radius 3 is 2.42 bits per heavy atom. The van der Waals surface area contributed by atoms with Crippen molar-refractivity contribution in [3.8, 4) is 11.5 Å². The molecule has 1 saturated carbocycles. The number of nitrogens with one attached hydrogen (secondary N) is 1. The number of urea groups is 1. The zero-order valence-electron chi connectivity index (χ0n) is 18.9. The summed E-state index contributed by atoms with van der Waals surface area (Å²) in [4.78, 5) is 28.9. The molecule has 1 heterocycles. The summed E-state index contributed by atoms with van der Waals surface area (Å²) in [6.45, 7) is 5.24. The van der Waals surface area contributed by atoms with Crippen LogP contribution < -0.4 is 14.8 Å². The van der Waals surface area contributed by atoms with Gasteiger partial charge in [-0.25, -0.2) is 4.79 Å². The third kappa shape index (κ3) is 6.03. The Morgan fingerprint density at radius 2 is 1.74 bits per heavy atom. The van der Waals surface area contributed by atoms with E-state index in [0.717, 1.165) is 6.42 Å². The van der Waals surface area contributed by atoms with E-state index in [2.05, 4.69) is 12.2 Å². The molecule has 3 amide bonds. The third-order valence-corrected chi connectivity index (χ3v) is 6.24. The second kappa shape index (κ2) is 11.2. The number of methoxy groups -OCH3 is 2. The van der Waals surface area contributed by atoms with Gasteiger partial charge in [-0.3, -0.25) is 4.79 Å². The van der Waals surface area contributed by atoms with Crippen molar-refractivity contribution < 1.29 is 23.8 Å². The van der Waals surface area contributed by atoms with Gasteiger partial charge in [0, 0.05) is 38.8 Å². The van der Waals surface area contributed by atoms with Gasteiger partial charge in [0.15, 0.2) is 0 Å². The van der Waals surface area contributed by atoms with Crippen LogP contribution in [0.25, 0.3) is 0 Å². The van der Waals surface area contributed by atoms with E-state index in [1.807, 2.05) is 0 Å². The van der Waals surface area contributed by atoms with Gasteiger partial charge in [0.2, 0.25) is 0 Å². The Hall–Kier alpha value is -2.48. The molecule has 31 heavy (non-hydrogen) atoms. The van der Waals surface area contributed by atoms with Crippen molar-refractivity contribution in [2.75, 3.05) is 53.6 Å². The molecule has 2 unspecified atom stereocenters. The van der Waals surface area contributed by atoms with Gasteiger partial charge in [-0.1, -0.05) is 19.8 Å². The Morgan fingerprint density at radius 1 is 1.03 bits per heavy atom. The van der Waals surface area contributed by atoms with Crippen LogP contribution in [0, 0.1) is 5.92 Å². The van der Waals surface area contributed by atoms with Crippen molar-refractivity contribution in [3.63, 3.8) is 0 Å². The number of amides is 3. The standard InChI is InChI=1S/C23H35N3O5/c1-17-6-4-5-7-20(17)31-15-10-24-23(28)26-13-11-25(12-14-26)22(27)19-9-8-18(29-2)16-21(19)30-3/h8-9,16-17,20H,4-7,10-15H2,1-3H3,(H,24,28). The van der Waals surface area contributed by atoms with Crippen LogP contribution in [0.2, 0.25) is 0 Å². The second-order valence-corrected chi connectivity index (χ2v) is 8.25. The van der Waals surface area contributed by atoms with Crippen LogP contribution in [0.15, 0.2) is 18.2 Å². The Bertz CT molecular complexity index is 749. The summed E-state index contributed by atoms with van der Waals surface area (Å²) in [7, 11) is 3.11. The quantitative estimate of drug-likeness (QED) is 0.669. The molecule has 0 aromatic heterocycles. The van der Waals surface area contributed by atoms with E-state index in [4.69, 9.17) is 14.2 Å². The first-order valence-electron chi connectivity index (χ1n) is 11.2. The fraction of sp³-hybridized carbons (Fsp3) is 0.652. The predicted molar refractivity (Wildman–Crippen MR) is 118 cm³/mol. The molecule has 1 aliphatic carbocycles. The maximum atomic E-state index is 12.9. The van der Waals surface area contributed by atoms with E-state index in [0.29, 0.717) is 68.4 Å². The Balaban J connectivity index is 1.41. The molecule has 1 N–H and O–H groups in total. The third-order valence-electron chi connectivity index (χ3n) is 6.24. The van der Waals surface area contributed by atoms with Crippen LogP contribution in [-0.4, -0.2) is 81.4 Å². The lowest BCUT2D eigenvalue weighted by Gasteiger charge is -2.35. The van der Waals surface area contributed by atoms with Crippen LogP contribution in [0.5, 0.6) is 11.5 Å². The molecule has 3 rings (SSSR count). The zero-order chi connectivity index (χ0) is 22.2. The molecule has 2 aliphatic rings. The van der Waals surface area contributed by atoms with Gasteiger partial charge < -0.3 is 29.3 Å². The molecule has 0 radical (unpaired) electrons. The predicted octanol–water partition coefficient (Wildman–Crippen LogP) is 2.77. The van der Waals surface area contributed by atoms with Gasteiger partial charge >= 0.3 is 6.03 Å². The van der Waals surface area contributed by atoms with Crippen molar-refractivity contribution >= 4 is 11.9 Å². The summed E-state index contributed by atoms with van der Waals surface area (Å²) in [6.07, 6.45) is 5.17. The molecule has 2 fully saturated rings. The average molecular weight is 434 g/mol. The van der Waals surface area contributed by atoms with Crippen LogP contribution in [0.3, 0.4) is 0 Å². The molecule has 172 valence electrons. The molecule has 1 aromatic carbocycles. The summed E-state index contributed by atoms with van der Waals surface area (Å²) >= 11 is 0. The lowest BCUT2D eigenvalue weighted by atomic mass is 9.88. The highest BCUT2D eigenvalue weighted by molar-refractivity contribution is 5.97. The van der Waals surface area contributed by atoms with E-state index in [1.54, 1.807) is 35.1 Å². The SMILES string of the molecule is COc1ccc(C(=O)N2CCN(C(=O)NCCOC3CCCCC3C)CC2)c(OC)c1. The van der Waals surface area contributed by atoms with Crippen molar-refractivity contribution in [1.29, 1.82) is 0 Å². The first-order valence-corrected chi connectivity index (χ1v) is 11.2. The fourth-order valence-electron chi connectivity index (χ4n) is 4.27. The molecule has 8 heteroatoms. The van der Waals surface area contributed by atoms with Crippen LogP contribution in [0.1, 0.15) is 43.0 Å². The van der Waals surface area contributed by atoms with Crippen LogP contribution >= 0.6 is 0 Å². The summed E-state index contributed by atoms with van der Waals surface area (Å²) in [5.41, 5.74) is 0.496. The fourth-order valence-corrected chi connectivity index (χ4v) is 4.27. The van der Waals surface area contributed by atoms with Crippen LogP contribution in [0.4, 0.5) is 4.79 Å². The minimum atomic E-state index is -0.102. The maximum Gasteiger partial charge on any atom is 0.317 e. The minimum absolute atomic E-state index is 0.102. The van der Waals surface area contributed by atoms with Gasteiger partial charge in [0.05, 0.1) is 32.5 Å². The number of carbonyl (C=O) groups is 2. The Kier molecular flexibility index (Phi) is 8.40. The molecule has 1 aromatic rings. The molecule has 0 spiro atoms. The van der Waals surface area contributed by atoms with E-state index < -0.39 is 0 Å². The van der Waals surface area contributed by atoms with Crippen molar-refractivity contribution in [2.45, 2.75) is 38.7 Å². The molecule has 1 saturated heterocycles. The normalized spacial score (nSPS) is 21.5. The maximum absolute atomic E-state index is 12.9. The molecule has 1 aliphatic heterocycles. The minimum Gasteiger partial charge on any atom is -0.497 e. The molecule has 2 atom stereocenters. The first kappa shape index (κ1) is 23.2. The molecule has 0 bridgehead atoms. The smallest absolute Gasteiger partial charge is 0.317 e. The van der Waals surface area contributed by atoms with Crippen molar-refractivity contribution in [1.82, 2.24) is 15.1 Å². The number of carbonyl (C=O) groups excluding carboxylic acids is 2. The number of hydrogen-bond donors (Lipinski definition) is 1. The molecular formula is C23H35N3O5. The first-order chi connectivity index (χ1) is 15.0. The number of rotatable bonds is 7. The highest BCUT2D eigenvalue weighted by Gasteiger charge is 2.27. The average Bonchev–Trinajstić information content (AvgIpc) is 2.82. The number of benzene rings is 1. The number of nitrogens with zero attached hydrogens (tertiary/aromatic N) is 2. The summed E-state index contributed by atoms with van der Waals surface area (Å²) in [5, 5.41) is 2.94. The lowest BCUT2D eigenvalue weighted by Crippen LogP contribution is -2.53. The van der Waals surface area contributed by atoms with Crippen molar-refractivity contribution in [2.24, 2.45) is 5.92 Å². The van der Waals surface area contributed by atoms with E-state index in [1.165, 1.54) is 26.4 Å². The van der Waals surface area contributed by atoms with Crippen molar-refractivity contribution in [3.05, 3.63) is 23.8 Å². The van der Waals surface area contributed by atoms with E-state index in [-0.39, 0.29) is 11.9 Å². The second-order valence-electron chi connectivity index (χ2n) is 8.25. The van der Waals surface area contributed by atoms with Gasteiger partial charge in [0.25, 0.3) is 5.91 Å². The molecular weight excluding hydrogens is 398 g/mol. The number of hydrogen-bond acceptors (Lipinski definition) is 5. The monoisotopic (exact) mass is 433 g/mol. The van der Waals surface area contributed by atoms with E-state index >= 15 is 0 Å². The molecule has 8 nitrogen and oxygen atoms in total. The Labute approximate surface area is 184 Å². The summed E-state index contributed by atoms with van der Waals surface area (Å²) < 4.78 is 16.5. The highest BCUT2D eigenvalue weighted by atomic mass is 16.5. The van der Waals surface area contributed by atoms with E-state index in [9.17, 15) is 9.59 Å². The van der Waals surface area contributed by atoms with Crippen LogP contribution in [-0.2, 0) is 4.74 Å². The zero-order valence-corrected chi connectivity index (χ0v) is 18.9. The summed E-state index contributed by atoms with van der Waals surface area (Å²) in [6, 6.07) is 5.06. The highest BCUT2D eigenvalue weighted by Crippen LogP contribution is 2.27. The largest absolute Gasteiger partial charge is 0.497 e. The van der Waals surface area contributed by atoms with Gasteiger partial charge in [-0.15, -0.1) is 0 Å². The van der Waals surface area contributed by atoms with Gasteiger partial charge in [0.1, 0.15) is 11.5 Å². The van der Waals surface area contributed by atoms with Gasteiger partial charge in [-0.2, -0.15) is 0 Å². The topological polar surface area (TPSA) is 80.3 Å². The number of piperazine rings is 1.